The molecule has 4 rings (SSSR count). The van der Waals surface area contributed by atoms with Gasteiger partial charge in [0, 0.05) is 25.0 Å². The van der Waals surface area contributed by atoms with Crippen LogP contribution in [0.2, 0.25) is 0 Å². The molecule has 0 aliphatic carbocycles. The van der Waals surface area contributed by atoms with E-state index >= 15 is 0 Å². The third-order valence-corrected chi connectivity index (χ3v) is 7.20. The van der Waals surface area contributed by atoms with Gasteiger partial charge in [0.15, 0.2) is 0 Å². The van der Waals surface area contributed by atoms with Gasteiger partial charge in [0.2, 0.25) is 0 Å². The molecule has 24 heavy (non-hydrogen) atoms. The lowest BCUT2D eigenvalue weighted by molar-refractivity contribution is 0.0285. The van der Waals surface area contributed by atoms with Gasteiger partial charge in [-0.1, -0.05) is 0 Å². The third-order valence-electron chi connectivity index (χ3n) is 5.78. The lowest BCUT2D eigenvalue weighted by Crippen LogP contribution is -2.48. The molecule has 2 aliphatic heterocycles. The van der Waals surface area contributed by atoms with Crippen molar-refractivity contribution in [1.82, 2.24) is 9.80 Å². The van der Waals surface area contributed by atoms with Crippen molar-refractivity contribution in [2.45, 2.75) is 32.2 Å². The predicted molar refractivity (Wildman–Crippen MR) is 101 cm³/mol. The van der Waals surface area contributed by atoms with E-state index in [2.05, 4.69) is 26.6 Å². The van der Waals surface area contributed by atoms with Crippen molar-refractivity contribution in [3.05, 3.63) is 44.8 Å². The van der Waals surface area contributed by atoms with Crippen molar-refractivity contribution >= 4 is 28.6 Å². The molecule has 0 aromatic carbocycles. The van der Waals surface area contributed by atoms with E-state index in [1.54, 1.807) is 22.7 Å². The maximum absolute atomic E-state index is 12.5. The minimum absolute atomic E-state index is 0.223. The molecule has 0 unspecified atom stereocenters. The van der Waals surface area contributed by atoms with Crippen LogP contribution in [0.5, 0.6) is 0 Å². The van der Waals surface area contributed by atoms with Crippen LogP contribution in [0.3, 0.4) is 0 Å². The molecule has 2 aliphatic rings. The summed E-state index contributed by atoms with van der Waals surface area (Å²) in [7, 11) is 0. The number of piperidine rings is 2. The molecular weight excluding hydrogens is 336 g/mol. The second-order valence-corrected chi connectivity index (χ2v) is 8.77. The third kappa shape index (κ3) is 3.44. The van der Waals surface area contributed by atoms with E-state index in [0.717, 1.165) is 25.2 Å². The van der Waals surface area contributed by atoms with Gasteiger partial charge in [-0.2, -0.15) is 22.7 Å². The number of hydrogen-bond donors (Lipinski definition) is 0. The first-order valence-electron chi connectivity index (χ1n) is 8.79. The van der Waals surface area contributed by atoms with Crippen molar-refractivity contribution in [1.29, 1.82) is 0 Å². The first-order valence-corrected chi connectivity index (χ1v) is 10.7. The summed E-state index contributed by atoms with van der Waals surface area (Å²) in [5, 5.41) is 8.39. The summed E-state index contributed by atoms with van der Waals surface area (Å²) in [6.45, 7) is 5.36. The Kier molecular flexibility index (Phi) is 4.74. The number of amides is 1. The molecule has 2 aromatic rings. The Morgan fingerprint density at radius 3 is 2.25 bits per heavy atom. The Morgan fingerprint density at radius 1 is 0.958 bits per heavy atom. The smallest absolute Gasteiger partial charge is 0.254 e. The maximum atomic E-state index is 12.5. The molecule has 1 amide bonds. The van der Waals surface area contributed by atoms with Gasteiger partial charge < -0.3 is 4.90 Å². The maximum Gasteiger partial charge on any atom is 0.254 e. The Labute approximate surface area is 151 Å². The molecule has 3 nitrogen and oxygen atoms in total. The van der Waals surface area contributed by atoms with Crippen molar-refractivity contribution in [3.8, 4) is 0 Å². The summed E-state index contributed by atoms with van der Waals surface area (Å²) in [6.07, 6.45) is 4.93. The molecule has 128 valence electrons. The highest BCUT2D eigenvalue weighted by Gasteiger charge is 2.38. The van der Waals surface area contributed by atoms with Gasteiger partial charge in [-0.3, -0.25) is 9.69 Å². The fraction of sp³-hybridized carbons (Fsp3) is 0.526. The zero-order chi connectivity index (χ0) is 16.4. The second kappa shape index (κ2) is 6.98. The van der Waals surface area contributed by atoms with Gasteiger partial charge >= 0.3 is 0 Å². The minimum Gasteiger partial charge on any atom is -0.339 e. The van der Waals surface area contributed by atoms with E-state index in [-0.39, 0.29) is 5.91 Å². The molecule has 4 heterocycles. The molecule has 0 bridgehead atoms. The monoisotopic (exact) mass is 360 g/mol. The van der Waals surface area contributed by atoms with Crippen LogP contribution in [0, 0.1) is 5.41 Å². The molecule has 0 radical (unpaired) electrons. The van der Waals surface area contributed by atoms with Crippen LogP contribution >= 0.6 is 22.7 Å². The second-order valence-electron chi connectivity index (χ2n) is 7.21. The number of carbonyl (C=O) groups is 1. The van der Waals surface area contributed by atoms with Crippen molar-refractivity contribution < 1.29 is 4.79 Å². The Bertz CT molecular complexity index is 648. The number of carbonyl (C=O) groups excluding carboxylic acids is 1. The van der Waals surface area contributed by atoms with E-state index < -0.39 is 0 Å². The van der Waals surface area contributed by atoms with Gasteiger partial charge in [0.05, 0.1) is 5.56 Å². The zero-order valence-electron chi connectivity index (χ0n) is 13.9. The lowest BCUT2D eigenvalue weighted by Gasteiger charge is -2.46. The number of likely N-dealkylation sites (tertiary alicyclic amines) is 2. The number of thiophene rings is 2. The fourth-order valence-electron chi connectivity index (χ4n) is 4.08. The minimum atomic E-state index is 0.223. The van der Waals surface area contributed by atoms with E-state index in [9.17, 15) is 4.79 Å². The molecule has 1 spiro atoms. The number of hydrogen-bond acceptors (Lipinski definition) is 4. The van der Waals surface area contributed by atoms with Crippen molar-refractivity contribution in [3.63, 3.8) is 0 Å². The highest BCUT2D eigenvalue weighted by Crippen LogP contribution is 2.41. The van der Waals surface area contributed by atoms with Gasteiger partial charge in [0.25, 0.3) is 5.91 Å². The Hall–Kier alpha value is -1.17. The fourth-order valence-corrected chi connectivity index (χ4v) is 5.37. The quantitative estimate of drug-likeness (QED) is 0.813. The summed E-state index contributed by atoms with van der Waals surface area (Å²) < 4.78 is 0. The summed E-state index contributed by atoms with van der Waals surface area (Å²) in [5.41, 5.74) is 2.80. The lowest BCUT2D eigenvalue weighted by atomic mass is 9.71. The summed E-state index contributed by atoms with van der Waals surface area (Å²) in [6, 6.07) is 4.18. The van der Waals surface area contributed by atoms with Gasteiger partial charge in [-0.25, -0.2) is 0 Å². The molecule has 0 N–H and O–H groups in total. The molecular formula is C19H24N2OS2. The molecule has 0 atom stereocenters. The predicted octanol–water partition coefficient (Wildman–Crippen LogP) is 4.33. The SMILES string of the molecule is O=C(c1ccsc1)N1CCC2(CCN(Cc3ccsc3)CC2)CC1. The summed E-state index contributed by atoms with van der Waals surface area (Å²) >= 11 is 3.39. The van der Waals surface area contributed by atoms with Crippen LogP contribution in [0.25, 0.3) is 0 Å². The van der Waals surface area contributed by atoms with Crippen LogP contribution in [0.4, 0.5) is 0 Å². The molecule has 2 fully saturated rings. The van der Waals surface area contributed by atoms with Crippen molar-refractivity contribution in [2.24, 2.45) is 5.41 Å². The molecule has 2 saturated heterocycles. The topological polar surface area (TPSA) is 23.6 Å². The Morgan fingerprint density at radius 2 is 1.62 bits per heavy atom. The zero-order valence-corrected chi connectivity index (χ0v) is 15.6. The highest BCUT2D eigenvalue weighted by molar-refractivity contribution is 7.08. The van der Waals surface area contributed by atoms with Gasteiger partial charge in [0.1, 0.15) is 0 Å². The molecule has 0 saturated carbocycles. The normalized spacial score (nSPS) is 21.2. The molecule has 5 heteroatoms. The van der Waals surface area contributed by atoms with Gasteiger partial charge in [-0.15, -0.1) is 0 Å². The van der Waals surface area contributed by atoms with Crippen LogP contribution in [-0.2, 0) is 6.54 Å². The van der Waals surface area contributed by atoms with E-state index in [1.807, 2.05) is 16.8 Å². The van der Waals surface area contributed by atoms with E-state index in [0.29, 0.717) is 5.41 Å². The number of nitrogens with zero attached hydrogens (tertiary/aromatic N) is 2. The van der Waals surface area contributed by atoms with E-state index in [4.69, 9.17) is 0 Å². The summed E-state index contributed by atoms with van der Waals surface area (Å²) in [4.78, 5) is 17.1. The van der Waals surface area contributed by atoms with Crippen molar-refractivity contribution in [2.75, 3.05) is 26.2 Å². The van der Waals surface area contributed by atoms with Crippen LogP contribution < -0.4 is 0 Å². The highest BCUT2D eigenvalue weighted by atomic mass is 32.1. The average Bonchev–Trinajstić information content (AvgIpc) is 3.31. The first-order chi connectivity index (χ1) is 11.7. The molecule has 2 aromatic heterocycles. The largest absolute Gasteiger partial charge is 0.339 e. The van der Waals surface area contributed by atoms with Crippen LogP contribution in [-0.4, -0.2) is 41.9 Å². The van der Waals surface area contributed by atoms with Gasteiger partial charge in [-0.05, 0) is 78.0 Å². The number of rotatable bonds is 3. The van der Waals surface area contributed by atoms with Crippen LogP contribution in [0.1, 0.15) is 41.6 Å². The first kappa shape index (κ1) is 16.3. The standard InChI is InChI=1S/C19H24N2OS2/c22-18(17-2-12-24-15-17)21-9-5-19(6-10-21)3-7-20(8-4-19)13-16-1-11-23-14-16/h1-2,11-12,14-15H,3-10,13H2. The van der Waals surface area contributed by atoms with Crippen LogP contribution in [0.15, 0.2) is 33.7 Å². The summed E-state index contributed by atoms with van der Waals surface area (Å²) in [5.74, 6) is 0.223. The Balaban J connectivity index is 1.29. The van der Waals surface area contributed by atoms with E-state index in [1.165, 1.54) is 44.3 Å². The average molecular weight is 361 g/mol.